The van der Waals surface area contributed by atoms with E-state index in [1.165, 1.54) is 5.56 Å². The molecule has 2 atom stereocenters. The van der Waals surface area contributed by atoms with Gasteiger partial charge in [0.25, 0.3) is 0 Å². The van der Waals surface area contributed by atoms with E-state index < -0.39 is 5.97 Å². The topological polar surface area (TPSA) is 75.6 Å². The Morgan fingerprint density at radius 1 is 1.32 bits per heavy atom. The lowest BCUT2D eigenvalue weighted by Gasteiger charge is -2.13. The lowest BCUT2D eigenvalue weighted by Crippen LogP contribution is -2.34. The van der Waals surface area contributed by atoms with Crippen molar-refractivity contribution >= 4 is 11.9 Å². The van der Waals surface area contributed by atoms with Gasteiger partial charge in [0.05, 0.1) is 18.9 Å². The van der Waals surface area contributed by atoms with Gasteiger partial charge in [-0.05, 0) is 44.7 Å². The molecule has 0 aliphatic heterocycles. The van der Waals surface area contributed by atoms with Gasteiger partial charge in [0.15, 0.2) is 0 Å². The molecule has 5 nitrogen and oxygen atoms in total. The molecule has 22 heavy (non-hydrogen) atoms. The van der Waals surface area contributed by atoms with Crippen molar-refractivity contribution in [3.63, 3.8) is 0 Å². The second-order valence-corrected chi connectivity index (χ2v) is 5.98. The second-order valence-electron chi connectivity index (χ2n) is 5.98. The molecule has 1 fully saturated rings. The molecule has 0 spiro atoms. The summed E-state index contributed by atoms with van der Waals surface area (Å²) in [5.41, 5.74) is 2.23. The van der Waals surface area contributed by atoms with Crippen molar-refractivity contribution in [1.29, 1.82) is 0 Å². The summed E-state index contributed by atoms with van der Waals surface area (Å²) in [6.07, 6.45) is 2.18. The molecule has 2 rings (SSSR count). The zero-order valence-corrected chi connectivity index (χ0v) is 13.1. The molecule has 1 amide bonds. The van der Waals surface area contributed by atoms with Crippen molar-refractivity contribution in [3.8, 4) is 5.75 Å². The minimum absolute atomic E-state index is 0.0188. The maximum absolute atomic E-state index is 11.9. The molecule has 1 aromatic carbocycles. The number of carboxylic acids is 1. The maximum atomic E-state index is 11.9. The SMILES string of the molecule is Cc1ccc(OCCC(=O)N[C@H]2CC[C@@H](C(=O)O)C2)c(C)c1. The molecule has 5 heteroatoms. The van der Waals surface area contributed by atoms with Crippen molar-refractivity contribution in [2.45, 2.75) is 45.6 Å². The van der Waals surface area contributed by atoms with Crippen molar-refractivity contribution in [3.05, 3.63) is 29.3 Å². The number of hydrogen-bond donors (Lipinski definition) is 2. The molecule has 0 bridgehead atoms. The highest BCUT2D eigenvalue weighted by atomic mass is 16.5. The zero-order valence-electron chi connectivity index (χ0n) is 13.1. The van der Waals surface area contributed by atoms with E-state index in [0.29, 0.717) is 19.4 Å². The molecule has 0 heterocycles. The number of benzene rings is 1. The quantitative estimate of drug-likeness (QED) is 0.846. The third kappa shape index (κ3) is 4.48. The van der Waals surface area contributed by atoms with E-state index in [2.05, 4.69) is 5.32 Å². The summed E-state index contributed by atoms with van der Waals surface area (Å²) in [6, 6.07) is 5.92. The fourth-order valence-electron chi connectivity index (χ4n) is 2.85. The highest BCUT2D eigenvalue weighted by molar-refractivity contribution is 5.77. The van der Waals surface area contributed by atoms with Gasteiger partial charge < -0.3 is 15.2 Å². The number of carboxylic acid groups (broad SMARTS) is 1. The van der Waals surface area contributed by atoms with Crippen LogP contribution >= 0.6 is 0 Å². The summed E-state index contributed by atoms with van der Waals surface area (Å²) in [4.78, 5) is 22.8. The minimum Gasteiger partial charge on any atom is -0.493 e. The maximum Gasteiger partial charge on any atom is 0.306 e. The largest absolute Gasteiger partial charge is 0.493 e. The number of rotatable bonds is 6. The van der Waals surface area contributed by atoms with Crippen LogP contribution < -0.4 is 10.1 Å². The van der Waals surface area contributed by atoms with E-state index in [1.807, 2.05) is 32.0 Å². The lowest BCUT2D eigenvalue weighted by atomic mass is 10.1. The first kappa shape index (κ1) is 16.3. The number of hydrogen-bond acceptors (Lipinski definition) is 3. The molecular weight excluding hydrogens is 282 g/mol. The van der Waals surface area contributed by atoms with Crippen LogP contribution in [0.25, 0.3) is 0 Å². The average molecular weight is 305 g/mol. The van der Waals surface area contributed by atoms with Crippen molar-refractivity contribution < 1.29 is 19.4 Å². The molecular formula is C17H23NO4. The Morgan fingerprint density at radius 3 is 2.73 bits per heavy atom. The average Bonchev–Trinajstić information content (AvgIpc) is 2.90. The molecule has 1 aliphatic carbocycles. The van der Waals surface area contributed by atoms with Crippen LogP contribution in [-0.4, -0.2) is 29.6 Å². The van der Waals surface area contributed by atoms with Gasteiger partial charge in [0, 0.05) is 6.04 Å². The Kier molecular flexibility index (Phi) is 5.41. The van der Waals surface area contributed by atoms with Gasteiger partial charge in [-0.2, -0.15) is 0 Å². The van der Waals surface area contributed by atoms with Crippen molar-refractivity contribution in [2.24, 2.45) is 5.92 Å². The van der Waals surface area contributed by atoms with Crippen LogP contribution in [0.15, 0.2) is 18.2 Å². The Morgan fingerprint density at radius 2 is 2.09 bits per heavy atom. The van der Waals surface area contributed by atoms with E-state index in [1.54, 1.807) is 0 Å². The first-order valence-corrected chi connectivity index (χ1v) is 7.68. The van der Waals surface area contributed by atoms with E-state index in [0.717, 1.165) is 17.7 Å². The van der Waals surface area contributed by atoms with Crippen LogP contribution in [0.2, 0.25) is 0 Å². The van der Waals surface area contributed by atoms with E-state index in [9.17, 15) is 9.59 Å². The van der Waals surface area contributed by atoms with Crippen molar-refractivity contribution in [1.82, 2.24) is 5.32 Å². The predicted molar refractivity (Wildman–Crippen MR) is 82.9 cm³/mol. The summed E-state index contributed by atoms with van der Waals surface area (Å²) >= 11 is 0. The molecule has 1 aliphatic rings. The third-order valence-corrected chi connectivity index (χ3v) is 4.06. The summed E-state index contributed by atoms with van der Waals surface area (Å²) in [7, 11) is 0. The van der Waals surface area contributed by atoms with E-state index in [4.69, 9.17) is 9.84 Å². The predicted octanol–water partition coefficient (Wildman–Crippen LogP) is 2.44. The Bertz CT molecular complexity index is 556. The Balaban J connectivity index is 1.71. The van der Waals surface area contributed by atoms with Crippen LogP contribution in [0.5, 0.6) is 5.75 Å². The number of nitrogens with one attached hydrogen (secondary N) is 1. The van der Waals surface area contributed by atoms with E-state index >= 15 is 0 Å². The molecule has 120 valence electrons. The van der Waals surface area contributed by atoms with Gasteiger partial charge in [-0.3, -0.25) is 9.59 Å². The standard InChI is InChI=1S/C17H23NO4/c1-11-3-6-15(12(2)9-11)22-8-7-16(19)18-14-5-4-13(10-14)17(20)21/h3,6,9,13-14H,4-5,7-8,10H2,1-2H3,(H,18,19)(H,20,21)/t13-,14+/m1/s1. The minimum atomic E-state index is -0.769. The molecule has 2 N–H and O–H groups in total. The normalized spacial score (nSPS) is 20.6. The number of aliphatic carboxylic acids is 1. The van der Waals surface area contributed by atoms with Gasteiger partial charge in [-0.15, -0.1) is 0 Å². The molecule has 0 saturated heterocycles. The molecule has 1 saturated carbocycles. The number of carbonyl (C=O) groups excluding carboxylic acids is 1. The first-order chi connectivity index (χ1) is 10.5. The van der Waals surface area contributed by atoms with Crippen LogP contribution in [-0.2, 0) is 9.59 Å². The summed E-state index contributed by atoms with van der Waals surface area (Å²) in [5.74, 6) is -0.377. The van der Waals surface area contributed by atoms with Gasteiger partial charge >= 0.3 is 5.97 Å². The number of amides is 1. The highest BCUT2D eigenvalue weighted by Crippen LogP contribution is 2.25. The highest BCUT2D eigenvalue weighted by Gasteiger charge is 2.30. The summed E-state index contributed by atoms with van der Waals surface area (Å²) in [5, 5.41) is 11.8. The first-order valence-electron chi connectivity index (χ1n) is 7.68. The smallest absolute Gasteiger partial charge is 0.306 e. The lowest BCUT2D eigenvalue weighted by molar-refractivity contribution is -0.141. The molecule has 1 aromatic rings. The Labute approximate surface area is 130 Å². The third-order valence-electron chi connectivity index (χ3n) is 4.06. The van der Waals surface area contributed by atoms with Crippen LogP contribution in [0.1, 0.15) is 36.8 Å². The molecule has 0 unspecified atom stereocenters. The van der Waals surface area contributed by atoms with Crippen molar-refractivity contribution in [2.75, 3.05) is 6.61 Å². The fraction of sp³-hybridized carbons (Fsp3) is 0.529. The van der Waals surface area contributed by atoms with Gasteiger partial charge in [0.2, 0.25) is 5.91 Å². The van der Waals surface area contributed by atoms with Crippen LogP contribution in [0.3, 0.4) is 0 Å². The number of carbonyl (C=O) groups is 2. The van der Waals surface area contributed by atoms with Gasteiger partial charge in [0.1, 0.15) is 5.75 Å². The Hall–Kier alpha value is -2.04. The van der Waals surface area contributed by atoms with E-state index in [-0.39, 0.29) is 24.3 Å². The van der Waals surface area contributed by atoms with Gasteiger partial charge in [-0.1, -0.05) is 17.7 Å². The fourth-order valence-corrected chi connectivity index (χ4v) is 2.85. The summed E-state index contributed by atoms with van der Waals surface area (Å²) < 4.78 is 5.63. The number of ether oxygens (including phenoxy) is 1. The second kappa shape index (κ2) is 7.29. The molecule has 0 aromatic heterocycles. The van der Waals surface area contributed by atoms with Gasteiger partial charge in [-0.25, -0.2) is 0 Å². The van der Waals surface area contributed by atoms with Crippen LogP contribution in [0, 0.1) is 19.8 Å². The van der Waals surface area contributed by atoms with Crippen LogP contribution in [0.4, 0.5) is 0 Å². The molecule has 0 radical (unpaired) electrons. The zero-order chi connectivity index (χ0) is 16.1. The monoisotopic (exact) mass is 305 g/mol. The number of aryl methyl sites for hydroxylation is 2. The summed E-state index contributed by atoms with van der Waals surface area (Å²) in [6.45, 7) is 4.33.